The van der Waals surface area contributed by atoms with E-state index in [2.05, 4.69) is 32.6 Å². The number of nitrogens with one attached hydrogen (secondary N) is 1. The zero-order valence-corrected chi connectivity index (χ0v) is 18.7. The molecule has 2 aromatic rings. The van der Waals surface area contributed by atoms with Gasteiger partial charge in [-0.05, 0) is 67.8 Å². The van der Waals surface area contributed by atoms with Gasteiger partial charge in [-0.3, -0.25) is 0 Å². The second-order valence-electron chi connectivity index (χ2n) is 7.03. The number of thiocarbonyl (C=S) groups is 1. The summed E-state index contributed by atoms with van der Waals surface area (Å²) in [4.78, 5) is 6.11. The highest BCUT2D eigenvalue weighted by atomic mass is 35.5. The summed E-state index contributed by atoms with van der Waals surface area (Å²) < 4.78 is 5.45. The van der Waals surface area contributed by atoms with Crippen LogP contribution in [-0.2, 0) is 6.54 Å². The van der Waals surface area contributed by atoms with Gasteiger partial charge < -0.3 is 19.9 Å². The number of methoxy groups -OCH3 is 1. The van der Waals surface area contributed by atoms with E-state index < -0.39 is 0 Å². The van der Waals surface area contributed by atoms with E-state index in [1.807, 2.05) is 18.2 Å². The molecule has 0 aliphatic carbocycles. The predicted octanol–water partition coefficient (Wildman–Crippen LogP) is 5.49. The minimum Gasteiger partial charge on any atom is -0.495 e. The number of halogens is 1. The van der Waals surface area contributed by atoms with Crippen molar-refractivity contribution in [1.82, 2.24) is 9.80 Å². The Hall–Kier alpha value is -1.34. The molecule has 1 aliphatic rings. The third-order valence-corrected chi connectivity index (χ3v) is 6.46. The van der Waals surface area contributed by atoms with Gasteiger partial charge in [-0.25, -0.2) is 0 Å². The fraction of sp³-hybridized carbons (Fsp3) is 0.476. The standard InChI is InChI=1S/C21H28ClN3OS2/c1-26-20-9-8-17(22)15-19(20)23-21(27)25(16-18-7-6-14-28-18)13-12-24-10-4-2-3-5-11-24/h6-9,14-15H,2-5,10-13,16H2,1H3,(H,23,27). The molecule has 0 saturated carbocycles. The Morgan fingerprint density at radius 3 is 2.71 bits per heavy atom. The average Bonchev–Trinajstić information content (AvgIpc) is 3.06. The van der Waals surface area contributed by atoms with Gasteiger partial charge in [-0.15, -0.1) is 11.3 Å². The Balaban J connectivity index is 1.68. The van der Waals surface area contributed by atoms with E-state index in [-0.39, 0.29) is 0 Å². The lowest BCUT2D eigenvalue weighted by Gasteiger charge is -2.29. The third kappa shape index (κ3) is 6.34. The number of hydrogen-bond acceptors (Lipinski definition) is 4. The smallest absolute Gasteiger partial charge is 0.173 e. The average molecular weight is 438 g/mol. The molecule has 1 N–H and O–H groups in total. The Bertz CT molecular complexity index is 746. The zero-order chi connectivity index (χ0) is 19.8. The number of thiophene rings is 1. The molecule has 152 valence electrons. The van der Waals surface area contributed by atoms with Crippen LogP contribution in [0.4, 0.5) is 5.69 Å². The highest BCUT2D eigenvalue weighted by Gasteiger charge is 2.16. The maximum atomic E-state index is 6.17. The fourth-order valence-corrected chi connectivity index (χ4v) is 4.59. The molecule has 1 aromatic carbocycles. The Kier molecular flexibility index (Phi) is 8.40. The fourth-order valence-electron chi connectivity index (χ4n) is 3.44. The van der Waals surface area contributed by atoms with Crippen LogP contribution < -0.4 is 10.1 Å². The Morgan fingerprint density at radius 1 is 1.25 bits per heavy atom. The van der Waals surface area contributed by atoms with Crippen LogP contribution in [0.3, 0.4) is 0 Å². The lowest BCUT2D eigenvalue weighted by Crippen LogP contribution is -2.40. The van der Waals surface area contributed by atoms with E-state index in [1.165, 1.54) is 43.6 Å². The topological polar surface area (TPSA) is 27.7 Å². The summed E-state index contributed by atoms with van der Waals surface area (Å²) in [5, 5.41) is 6.81. The lowest BCUT2D eigenvalue weighted by atomic mass is 10.2. The van der Waals surface area contributed by atoms with Crippen molar-refractivity contribution in [3.63, 3.8) is 0 Å². The van der Waals surface area contributed by atoms with Crippen LogP contribution >= 0.6 is 35.2 Å². The van der Waals surface area contributed by atoms with Gasteiger partial charge in [-0.1, -0.05) is 30.5 Å². The monoisotopic (exact) mass is 437 g/mol. The first-order valence-corrected chi connectivity index (χ1v) is 11.5. The number of anilines is 1. The molecule has 1 aromatic heterocycles. The number of ether oxygens (including phenoxy) is 1. The van der Waals surface area contributed by atoms with E-state index in [0.717, 1.165) is 31.1 Å². The second kappa shape index (κ2) is 11.0. The maximum Gasteiger partial charge on any atom is 0.173 e. The van der Waals surface area contributed by atoms with E-state index in [4.69, 9.17) is 28.6 Å². The van der Waals surface area contributed by atoms with Gasteiger partial charge in [0.2, 0.25) is 0 Å². The van der Waals surface area contributed by atoms with Crippen LogP contribution in [0.1, 0.15) is 30.6 Å². The molecule has 0 unspecified atom stereocenters. The van der Waals surface area contributed by atoms with Crippen molar-refractivity contribution in [2.45, 2.75) is 32.2 Å². The van der Waals surface area contributed by atoms with Crippen LogP contribution in [0, 0.1) is 0 Å². The first kappa shape index (κ1) is 21.4. The zero-order valence-electron chi connectivity index (χ0n) is 16.3. The van der Waals surface area contributed by atoms with Crippen molar-refractivity contribution in [1.29, 1.82) is 0 Å². The van der Waals surface area contributed by atoms with E-state index in [1.54, 1.807) is 18.4 Å². The summed E-state index contributed by atoms with van der Waals surface area (Å²) in [6.07, 6.45) is 5.30. The molecule has 0 radical (unpaired) electrons. The summed E-state index contributed by atoms with van der Waals surface area (Å²) in [5.74, 6) is 0.732. The van der Waals surface area contributed by atoms with Crippen molar-refractivity contribution in [2.24, 2.45) is 0 Å². The molecule has 0 atom stereocenters. The van der Waals surface area contributed by atoms with Crippen molar-refractivity contribution >= 4 is 46.0 Å². The summed E-state index contributed by atoms with van der Waals surface area (Å²) in [6, 6.07) is 9.77. The molecular weight excluding hydrogens is 410 g/mol. The molecule has 0 spiro atoms. The first-order valence-electron chi connectivity index (χ1n) is 9.80. The molecule has 4 nitrogen and oxygen atoms in total. The minimum absolute atomic E-state index is 0.653. The van der Waals surface area contributed by atoms with Crippen molar-refractivity contribution < 1.29 is 4.74 Å². The van der Waals surface area contributed by atoms with Gasteiger partial charge in [0, 0.05) is 23.0 Å². The Labute approximate surface area is 182 Å². The largest absolute Gasteiger partial charge is 0.495 e. The number of nitrogens with zero attached hydrogens (tertiary/aromatic N) is 2. The van der Waals surface area contributed by atoms with E-state index in [0.29, 0.717) is 10.1 Å². The molecule has 2 heterocycles. The molecule has 28 heavy (non-hydrogen) atoms. The van der Waals surface area contributed by atoms with Crippen LogP contribution in [0.15, 0.2) is 35.7 Å². The van der Waals surface area contributed by atoms with Crippen molar-refractivity contribution in [3.05, 3.63) is 45.6 Å². The molecule has 0 amide bonds. The molecule has 1 saturated heterocycles. The lowest BCUT2D eigenvalue weighted by molar-refractivity contribution is 0.253. The van der Waals surface area contributed by atoms with Crippen LogP contribution in [0.2, 0.25) is 5.02 Å². The predicted molar refractivity (Wildman–Crippen MR) is 124 cm³/mol. The van der Waals surface area contributed by atoms with Crippen LogP contribution in [0.25, 0.3) is 0 Å². The quantitative estimate of drug-likeness (QED) is 0.578. The normalized spacial score (nSPS) is 15.1. The molecule has 0 bridgehead atoms. The van der Waals surface area contributed by atoms with Crippen molar-refractivity contribution in [2.75, 3.05) is 38.6 Å². The first-order chi connectivity index (χ1) is 13.7. The summed E-state index contributed by atoms with van der Waals surface area (Å²) in [6.45, 7) is 5.11. The number of hydrogen-bond donors (Lipinski definition) is 1. The van der Waals surface area contributed by atoms with Crippen LogP contribution in [0.5, 0.6) is 5.75 Å². The molecule has 7 heteroatoms. The molecule has 3 rings (SSSR count). The molecule has 1 fully saturated rings. The summed E-state index contributed by atoms with van der Waals surface area (Å²) in [7, 11) is 1.65. The number of rotatable bonds is 7. The van der Waals surface area contributed by atoms with Gasteiger partial charge in [0.05, 0.1) is 19.3 Å². The number of likely N-dealkylation sites (tertiary alicyclic amines) is 1. The summed E-state index contributed by atoms with van der Waals surface area (Å²) in [5.41, 5.74) is 0.797. The van der Waals surface area contributed by atoms with Gasteiger partial charge in [-0.2, -0.15) is 0 Å². The van der Waals surface area contributed by atoms with Gasteiger partial charge in [0.1, 0.15) is 5.75 Å². The SMILES string of the molecule is COc1ccc(Cl)cc1NC(=S)N(CCN1CCCCCC1)Cc1cccs1. The Morgan fingerprint density at radius 2 is 2.04 bits per heavy atom. The van der Waals surface area contributed by atoms with Gasteiger partial charge in [0.15, 0.2) is 5.11 Å². The minimum atomic E-state index is 0.653. The van der Waals surface area contributed by atoms with E-state index >= 15 is 0 Å². The van der Waals surface area contributed by atoms with Gasteiger partial charge >= 0.3 is 0 Å². The number of benzene rings is 1. The van der Waals surface area contributed by atoms with Crippen molar-refractivity contribution in [3.8, 4) is 5.75 Å². The van der Waals surface area contributed by atoms with Gasteiger partial charge in [0.25, 0.3) is 0 Å². The van der Waals surface area contributed by atoms with Crippen LogP contribution in [-0.4, -0.2) is 48.2 Å². The highest BCUT2D eigenvalue weighted by molar-refractivity contribution is 7.80. The summed E-state index contributed by atoms with van der Waals surface area (Å²) >= 11 is 13.7. The molecular formula is C21H28ClN3OS2. The maximum absolute atomic E-state index is 6.17. The molecule has 1 aliphatic heterocycles. The second-order valence-corrected chi connectivity index (χ2v) is 8.89. The highest BCUT2D eigenvalue weighted by Crippen LogP contribution is 2.28. The van der Waals surface area contributed by atoms with E-state index in [9.17, 15) is 0 Å². The third-order valence-electron chi connectivity index (χ3n) is 5.00.